The van der Waals surface area contributed by atoms with Crippen LogP contribution in [0, 0.1) is 0 Å². The molecule has 0 spiro atoms. The molecular formula is C15H21NO7. The van der Waals surface area contributed by atoms with Gasteiger partial charge in [0.15, 0.2) is 11.5 Å². The number of esters is 1. The molecule has 0 aliphatic rings. The molecule has 0 aliphatic carbocycles. The van der Waals surface area contributed by atoms with Gasteiger partial charge < -0.3 is 29.0 Å². The van der Waals surface area contributed by atoms with Gasteiger partial charge >= 0.3 is 5.97 Å². The highest BCUT2D eigenvalue weighted by atomic mass is 16.5. The lowest BCUT2D eigenvalue weighted by Gasteiger charge is -2.14. The molecule has 0 heterocycles. The largest absolute Gasteiger partial charge is 0.493 e. The number of carbonyl (C=O) groups excluding carboxylic acids is 2. The van der Waals surface area contributed by atoms with Crippen LogP contribution in [0.2, 0.25) is 0 Å². The number of benzene rings is 1. The maximum Gasteiger partial charge on any atom is 0.340 e. The Morgan fingerprint density at radius 3 is 2.22 bits per heavy atom. The molecule has 0 fully saturated rings. The molecule has 0 bridgehead atoms. The average molecular weight is 327 g/mol. The van der Waals surface area contributed by atoms with E-state index in [-0.39, 0.29) is 17.9 Å². The van der Waals surface area contributed by atoms with Crippen molar-refractivity contribution in [1.29, 1.82) is 0 Å². The van der Waals surface area contributed by atoms with Crippen molar-refractivity contribution < 1.29 is 33.3 Å². The van der Waals surface area contributed by atoms with Crippen molar-refractivity contribution in [3.63, 3.8) is 0 Å². The van der Waals surface area contributed by atoms with E-state index in [4.69, 9.17) is 23.7 Å². The molecule has 0 unspecified atom stereocenters. The van der Waals surface area contributed by atoms with E-state index in [9.17, 15) is 9.59 Å². The fourth-order valence-corrected chi connectivity index (χ4v) is 1.75. The third-order valence-electron chi connectivity index (χ3n) is 2.87. The van der Waals surface area contributed by atoms with Gasteiger partial charge in [0.05, 0.1) is 45.8 Å². The van der Waals surface area contributed by atoms with Crippen molar-refractivity contribution in [2.75, 3.05) is 53.6 Å². The molecule has 0 atom stereocenters. The summed E-state index contributed by atoms with van der Waals surface area (Å²) >= 11 is 0. The first kappa shape index (κ1) is 18.7. The second kappa shape index (κ2) is 9.65. The number of amides is 1. The second-order valence-corrected chi connectivity index (χ2v) is 4.34. The summed E-state index contributed by atoms with van der Waals surface area (Å²) in [6.45, 7) is 0.509. The van der Waals surface area contributed by atoms with E-state index in [2.05, 4.69) is 5.32 Å². The summed E-state index contributed by atoms with van der Waals surface area (Å²) in [6.07, 6.45) is 0. The quantitative estimate of drug-likeness (QED) is 0.536. The number of carbonyl (C=O) groups is 2. The zero-order chi connectivity index (χ0) is 17.2. The first-order valence-electron chi connectivity index (χ1n) is 6.78. The predicted molar refractivity (Wildman–Crippen MR) is 82.2 cm³/mol. The number of anilines is 1. The summed E-state index contributed by atoms with van der Waals surface area (Å²) in [5, 5.41) is 2.59. The summed E-state index contributed by atoms with van der Waals surface area (Å²) < 4.78 is 25.0. The van der Waals surface area contributed by atoms with Crippen LogP contribution in [0.25, 0.3) is 0 Å². The highest BCUT2D eigenvalue weighted by molar-refractivity contribution is 6.02. The van der Waals surface area contributed by atoms with Crippen LogP contribution < -0.4 is 14.8 Å². The normalized spacial score (nSPS) is 10.1. The lowest BCUT2D eigenvalue weighted by Crippen LogP contribution is -2.21. The molecule has 8 nitrogen and oxygen atoms in total. The van der Waals surface area contributed by atoms with Crippen LogP contribution in [0.1, 0.15) is 10.4 Å². The van der Waals surface area contributed by atoms with Gasteiger partial charge in [-0.25, -0.2) is 4.79 Å². The predicted octanol–water partition coefficient (Wildman–Crippen LogP) is 1.09. The van der Waals surface area contributed by atoms with E-state index in [1.807, 2.05) is 0 Å². The average Bonchev–Trinajstić information content (AvgIpc) is 2.57. The number of methoxy groups -OCH3 is 4. The second-order valence-electron chi connectivity index (χ2n) is 4.34. The van der Waals surface area contributed by atoms with Gasteiger partial charge in [0, 0.05) is 19.2 Å². The lowest BCUT2D eigenvalue weighted by molar-refractivity contribution is -0.121. The van der Waals surface area contributed by atoms with Gasteiger partial charge in [-0.05, 0) is 0 Å². The Morgan fingerprint density at radius 1 is 1.00 bits per heavy atom. The van der Waals surface area contributed by atoms with E-state index >= 15 is 0 Å². The molecule has 1 aromatic carbocycles. The molecule has 0 saturated heterocycles. The zero-order valence-corrected chi connectivity index (χ0v) is 13.6. The molecule has 23 heavy (non-hydrogen) atoms. The maximum atomic E-state index is 11.9. The van der Waals surface area contributed by atoms with Crippen molar-refractivity contribution in [2.24, 2.45) is 0 Å². The zero-order valence-electron chi connectivity index (χ0n) is 13.6. The Hall–Kier alpha value is -2.32. The summed E-state index contributed by atoms with van der Waals surface area (Å²) in [5.74, 6) is -0.307. The Balaban J connectivity index is 2.94. The number of nitrogens with one attached hydrogen (secondary N) is 1. The van der Waals surface area contributed by atoms with Gasteiger partial charge in [-0.3, -0.25) is 4.79 Å². The highest BCUT2D eigenvalue weighted by Crippen LogP contribution is 2.33. The maximum absolute atomic E-state index is 11.9. The topological polar surface area (TPSA) is 92.3 Å². The van der Waals surface area contributed by atoms with Gasteiger partial charge in [0.25, 0.3) is 0 Å². The standard InChI is InChI=1S/C15H21NO7/c1-19-5-6-23-9-14(17)16-11-8-13(21-3)12(20-2)7-10(11)15(18)22-4/h7-8H,5-6,9H2,1-4H3,(H,16,17). The van der Waals surface area contributed by atoms with Crippen molar-refractivity contribution in [2.45, 2.75) is 0 Å². The van der Waals surface area contributed by atoms with E-state index in [0.29, 0.717) is 24.7 Å². The van der Waals surface area contributed by atoms with E-state index in [1.165, 1.54) is 40.6 Å². The fraction of sp³-hybridized carbons (Fsp3) is 0.467. The minimum Gasteiger partial charge on any atom is -0.493 e. The first-order valence-corrected chi connectivity index (χ1v) is 6.78. The molecule has 0 saturated carbocycles. The van der Waals surface area contributed by atoms with Gasteiger partial charge in [0.1, 0.15) is 6.61 Å². The van der Waals surface area contributed by atoms with Crippen molar-refractivity contribution in [1.82, 2.24) is 0 Å². The molecule has 8 heteroatoms. The Kier molecular flexibility index (Phi) is 7.86. The number of rotatable bonds is 9. The number of hydrogen-bond donors (Lipinski definition) is 1. The smallest absolute Gasteiger partial charge is 0.340 e. The minimum atomic E-state index is -0.610. The lowest BCUT2D eigenvalue weighted by atomic mass is 10.1. The Bertz CT molecular complexity index is 545. The van der Waals surface area contributed by atoms with Crippen LogP contribution in [0.4, 0.5) is 5.69 Å². The molecular weight excluding hydrogens is 306 g/mol. The van der Waals surface area contributed by atoms with E-state index < -0.39 is 11.9 Å². The van der Waals surface area contributed by atoms with Gasteiger partial charge in [-0.2, -0.15) is 0 Å². The van der Waals surface area contributed by atoms with Crippen LogP contribution in [-0.2, 0) is 19.0 Å². The Labute approximate surface area is 134 Å². The Morgan fingerprint density at radius 2 is 1.65 bits per heavy atom. The first-order chi connectivity index (χ1) is 11.1. The van der Waals surface area contributed by atoms with E-state index in [1.54, 1.807) is 0 Å². The molecule has 1 rings (SSSR count). The third kappa shape index (κ3) is 5.42. The molecule has 0 aromatic heterocycles. The van der Waals surface area contributed by atoms with Crippen LogP contribution in [0.3, 0.4) is 0 Å². The van der Waals surface area contributed by atoms with E-state index in [0.717, 1.165) is 0 Å². The summed E-state index contributed by atoms with van der Waals surface area (Å²) in [4.78, 5) is 23.8. The van der Waals surface area contributed by atoms with Gasteiger partial charge in [-0.1, -0.05) is 0 Å². The van der Waals surface area contributed by atoms with Gasteiger partial charge in [0.2, 0.25) is 5.91 Å². The molecule has 0 radical (unpaired) electrons. The molecule has 1 N–H and O–H groups in total. The number of hydrogen-bond acceptors (Lipinski definition) is 7. The van der Waals surface area contributed by atoms with Crippen LogP contribution in [-0.4, -0.2) is 60.1 Å². The van der Waals surface area contributed by atoms with Crippen molar-refractivity contribution >= 4 is 17.6 Å². The van der Waals surface area contributed by atoms with Crippen LogP contribution >= 0.6 is 0 Å². The SMILES string of the molecule is COCCOCC(=O)Nc1cc(OC)c(OC)cc1C(=O)OC. The van der Waals surface area contributed by atoms with Crippen molar-refractivity contribution in [3.8, 4) is 11.5 Å². The third-order valence-corrected chi connectivity index (χ3v) is 2.87. The molecule has 0 aliphatic heterocycles. The van der Waals surface area contributed by atoms with Gasteiger partial charge in [-0.15, -0.1) is 0 Å². The molecule has 1 amide bonds. The molecule has 1 aromatic rings. The van der Waals surface area contributed by atoms with Crippen molar-refractivity contribution in [3.05, 3.63) is 17.7 Å². The highest BCUT2D eigenvalue weighted by Gasteiger charge is 2.19. The minimum absolute atomic E-state index is 0.149. The fourth-order valence-electron chi connectivity index (χ4n) is 1.75. The van der Waals surface area contributed by atoms with Crippen LogP contribution in [0.15, 0.2) is 12.1 Å². The van der Waals surface area contributed by atoms with Crippen LogP contribution in [0.5, 0.6) is 11.5 Å². The summed E-state index contributed by atoms with van der Waals surface area (Å²) in [5.41, 5.74) is 0.394. The summed E-state index contributed by atoms with van der Waals surface area (Å²) in [7, 11) is 5.68. The molecule has 128 valence electrons. The monoisotopic (exact) mass is 327 g/mol. The number of ether oxygens (including phenoxy) is 5. The summed E-state index contributed by atoms with van der Waals surface area (Å²) in [6, 6.07) is 2.92.